The number of carbonyl (C=O) groups excluding carboxylic acids is 1. The van der Waals surface area contributed by atoms with Crippen LogP contribution in [-0.2, 0) is 13.1 Å². The van der Waals surface area contributed by atoms with Gasteiger partial charge in [-0.2, -0.15) is 13.2 Å². The number of nitrogens with zero attached hydrogens (tertiary/aromatic N) is 2. The van der Waals surface area contributed by atoms with Crippen molar-refractivity contribution in [3.8, 4) is 0 Å². The van der Waals surface area contributed by atoms with E-state index in [9.17, 15) is 36.6 Å². The van der Waals surface area contributed by atoms with Gasteiger partial charge in [-0.1, -0.05) is 24.3 Å². The molecule has 3 N–H and O–H groups in total. The largest absolute Gasteiger partial charge is 0.390 e. The number of hydrogen-bond acceptors (Lipinski definition) is 5. The number of aromatic nitrogens is 1. The number of fused-ring (bicyclic) bond motifs is 1. The number of carbonyl (C=O) groups is 1. The molecule has 1 aliphatic rings. The monoisotopic (exact) mass is 552 g/mol. The average molecular weight is 553 g/mol. The third-order valence-electron chi connectivity index (χ3n) is 6.88. The van der Waals surface area contributed by atoms with Crippen molar-refractivity contribution < 1.29 is 31.9 Å². The van der Waals surface area contributed by atoms with Crippen molar-refractivity contribution in [1.82, 2.24) is 20.1 Å². The molecule has 1 fully saturated rings. The zero-order valence-electron chi connectivity index (χ0n) is 21.4. The molecule has 1 aliphatic heterocycles. The van der Waals surface area contributed by atoms with Gasteiger partial charge in [0.25, 0.3) is 11.5 Å². The van der Waals surface area contributed by atoms with Gasteiger partial charge in [0.1, 0.15) is 11.6 Å². The smallest absolute Gasteiger partial charge is 0.369 e. The topological polar surface area (TPSA) is 86.6 Å². The summed E-state index contributed by atoms with van der Waals surface area (Å²) >= 11 is 0. The lowest BCUT2D eigenvalue weighted by molar-refractivity contribution is -0.136. The molecule has 3 atom stereocenters. The van der Waals surface area contributed by atoms with Gasteiger partial charge in [-0.05, 0) is 32.0 Å². The normalized spacial score (nSPS) is 19.3. The van der Waals surface area contributed by atoms with Crippen LogP contribution in [0.25, 0.3) is 10.8 Å². The summed E-state index contributed by atoms with van der Waals surface area (Å²) < 4.78 is 69.3. The summed E-state index contributed by atoms with van der Waals surface area (Å²) in [5.74, 6) is -2.60. The van der Waals surface area contributed by atoms with Crippen LogP contribution in [0.15, 0.2) is 47.3 Å². The predicted molar refractivity (Wildman–Crippen MR) is 135 cm³/mol. The first kappa shape index (κ1) is 28.7. The first-order valence-electron chi connectivity index (χ1n) is 12.5. The summed E-state index contributed by atoms with van der Waals surface area (Å²) in [6, 6.07) is 8.42. The highest BCUT2D eigenvalue weighted by Crippen LogP contribution is 2.27. The van der Waals surface area contributed by atoms with Crippen LogP contribution in [0.2, 0.25) is 0 Å². The molecule has 1 saturated heterocycles. The maximum Gasteiger partial charge on any atom is 0.390 e. The molecule has 39 heavy (non-hydrogen) atoms. The van der Waals surface area contributed by atoms with E-state index in [4.69, 9.17) is 0 Å². The first-order chi connectivity index (χ1) is 18.4. The van der Waals surface area contributed by atoms with Gasteiger partial charge in [0.05, 0.1) is 17.4 Å². The number of amides is 1. The molecule has 0 saturated carbocycles. The third kappa shape index (κ3) is 6.45. The second-order valence-electron chi connectivity index (χ2n) is 9.82. The summed E-state index contributed by atoms with van der Waals surface area (Å²) in [6.45, 7) is 3.95. The van der Waals surface area contributed by atoms with Crippen LogP contribution in [0.1, 0.15) is 48.1 Å². The average Bonchev–Trinajstić information content (AvgIpc) is 2.85. The van der Waals surface area contributed by atoms with Crippen molar-refractivity contribution in [2.45, 2.75) is 57.8 Å². The maximum atomic E-state index is 14.9. The number of nitrogens with one attached hydrogen (secondary N) is 2. The summed E-state index contributed by atoms with van der Waals surface area (Å²) in [6.07, 6.45) is -7.67. The Bertz CT molecular complexity index is 1430. The van der Waals surface area contributed by atoms with Crippen LogP contribution < -0.4 is 16.2 Å². The van der Waals surface area contributed by atoms with Crippen LogP contribution in [-0.4, -0.2) is 51.8 Å². The highest BCUT2D eigenvalue weighted by atomic mass is 19.4. The van der Waals surface area contributed by atoms with E-state index >= 15 is 0 Å². The van der Waals surface area contributed by atoms with Crippen LogP contribution in [0.4, 0.5) is 22.0 Å². The van der Waals surface area contributed by atoms with E-state index in [1.165, 1.54) is 24.3 Å². The van der Waals surface area contributed by atoms with Crippen molar-refractivity contribution in [3.63, 3.8) is 0 Å². The fourth-order valence-electron chi connectivity index (χ4n) is 4.86. The number of piperazine rings is 1. The molecule has 0 spiro atoms. The Balaban J connectivity index is 1.89. The van der Waals surface area contributed by atoms with Crippen molar-refractivity contribution in [2.75, 3.05) is 13.1 Å². The Hall–Kier alpha value is -3.35. The van der Waals surface area contributed by atoms with E-state index in [0.717, 1.165) is 22.8 Å². The number of benzene rings is 2. The number of aliphatic hydroxyl groups excluding tert-OH is 1. The zero-order chi connectivity index (χ0) is 28.5. The second-order valence-corrected chi connectivity index (χ2v) is 9.82. The van der Waals surface area contributed by atoms with E-state index < -0.39 is 53.9 Å². The fraction of sp³-hybridized carbons (Fsp3) is 0.407. The molecule has 4 rings (SSSR count). The summed E-state index contributed by atoms with van der Waals surface area (Å²) in [5.41, 5.74) is -1.23. The minimum Gasteiger partial charge on any atom is -0.369 e. The molecule has 1 aromatic heterocycles. The number of pyridine rings is 1. The van der Waals surface area contributed by atoms with Gasteiger partial charge in [-0.15, -0.1) is 0 Å². The molecular formula is C27H29F5N4O3. The van der Waals surface area contributed by atoms with E-state index in [1.54, 1.807) is 0 Å². The Kier molecular flexibility index (Phi) is 8.38. The molecule has 0 radical (unpaired) electrons. The summed E-state index contributed by atoms with van der Waals surface area (Å²) in [5, 5.41) is 15.6. The van der Waals surface area contributed by atoms with Gasteiger partial charge in [-0.25, -0.2) is 8.78 Å². The molecule has 3 aromatic rings. The molecule has 1 amide bonds. The number of aliphatic hydroxyl groups is 1. The van der Waals surface area contributed by atoms with E-state index in [2.05, 4.69) is 10.6 Å². The molecular weight excluding hydrogens is 523 g/mol. The lowest BCUT2D eigenvalue weighted by Crippen LogP contribution is -2.54. The quantitative estimate of drug-likeness (QED) is 0.307. The highest BCUT2D eigenvalue weighted by Gasteiger charge is 2.32. The lowest BCUT2D eigenvalue weighted by Gasteiger charge is -2.38. The molecule has 2 heterocycles. The third-order valence-corrected chi connectivity index (χ3v) is 6.88. The van der Waals surface area contributed by atoms with Crippen LogP contribution in [0, 0.1) is 11.6 Å². The van der Waals surface area contributed by atoms with Crippen molar-refractivity contribution in [3.05, 3.63) is 81.3 Å². The standard InChI is InChI=1S/C27H29F5N4O3/c1-15-13-35(16(2)12-33-15)14-21-23(25(38)34-24(37)17-5-3-6-18(28)11-17)19-7-4-8-20(29)22(19)26(39)36(21)10-9-27(30,31)32/h3-8,11,15-16,24,33,37H,9-10,12-14H2,1-2H3,(H,34,38)/t15-,16+,24-/m0/s1. The molecule has 0 bridgehead atoms. The van der Waals surface area contributed by atoms with Gasteiger partial charge in [0.2, 0.25) is 0 Å². The van der Waals surface area contributed by atoms with Gasteiger partial charge < -0.3 is 20.3 Å². The second kappa shape index (κ2) is 11.4. The number of halogens is 5. The van der Waals surface area contributed by atoms with Crippen LogP contribution >= 0.6 is 0 Å². The van der Waals surface area contributed by atoms with Gasteiger partial charge in [-0.3, -0.25) is 14.5 Å². The lowest BCUT2D eigenvalue weighted by atomic mass is 10.00. The van der Waals surface area contributed by atoms with Crippen LogP contribution in [0.5, 0.6) is 0 Å². The van der Waals surface area contributed by atoms with Gasteiger partial charge in [0.15, 0.2) is 6.23 Å². The molecule has 7 nitrogen and oxygen atoms in total. The fourth-order valence-corrected chi connectivity index (χ4v) is 4.86. The molecule has 2 aromatic carbocycles. The molecule has 0 aliphatic carbocycles. The first-order valence-corrected chi connectivity index (χ1v) is 12.5. The molecule has 210 valence electrons. The minimum absolute atomic E-state index is 0.0235. The zero-order valence-corrected chi connectivity index (χ0v) is 21.4. The van der Waals surface area contributed by atoms with Gasteiger partial charge >= 0.3 is 6.18 Å². The van der Waals surface area contributed by atoms with Crippen molar-refractivity contribution in [1.29, 1.82) is 0 Å². The number of hydrogen-bond donors (Lipinski definition) is 3. The van der Waals surface area contributed by atoms with Crippen molar-refractivity contribution >= 4 is 16.7 Å². The summed E-state index contributed by atoms with van der Waals surface area (Å²) in [7, 11) is 0. The highest BCUT2D eigenvalue weighted by molar-refractivity contribution is 6.08. The van der Waals surface area contributed by atoms with Crippen LogP contribution in [0.3, 0.4) is 0 Å². The number of rotatable bonds is 7. The number of alkyl halides is 3. The molecule has 0 unspecified atom stereocenters. The van der Waals surface area contributed by atoms with E-state index in [-0.39, 0.29) is 40.8 Å². The Morgan fingerprint density at radius 1 is 1.18 bits per heavy atom. The summed E-state index contributed by atoms with van der Waals surface area (Å²) in [4.78, 5) is 29.0. The Morgan fingerprint density at radius 3 is 2.59 bits per heavy atom. The van der Waals surface area contributed by atoms with E-state index in [1.807, 2.05) is 18.7 Å². The SMILES string of the molecule is C[C@@H]1CN[C@@H](C)CN1Cc1c(C(=O)N[C@@H](O)c2cccc(F)c2)c2cccc(F)c2c(=O)n1CCC(F)(F)F. The Morgan fingerprint density at radius 2 is 1.90 bits per heavy atom. The maximum absolute atomic E-state index is 14.9. The van der Waals surface area contributed by atoms with Gasteiger partial charge in [0, 0.05) is 54.9 Å². The van der Waals surface area contributed by atoms with E-state index in [0.29, 0.717) is 13.1 Å². The predicted octanol–water partition coefficient (Wildman–Crippen LogP) is 3.84. The Labute approximate surface area is 221 Å². The van der Waals surface area contributed by atoms with Crippen molar-refractivity contribution in [2.24, 2.45) is 0 Å². The minimum atomic E-state index is -4.62. The molecule has 12 heteroatoms.